The first-order valence-electron chi connectivity index (χ1n) is 5.62. The van der Waals surface area contributed by atoms with Crippen LogP contribution in [0, 0.1) is 0 Å². The van der Waals surface area contributed by atoms with Gasteiger partial charge in [-0.1, -0.05) is 18.2 Å². The largest absolute Gasteiger partial charge is 0.488 e. The van der Waals surface area contributed by atoms with E-state index in [0.29, 0.717) is 18.2 Å². The van der Waals surface area contributed by atoms with Crippen LogP contribution in [0.25, 0.3) is 10.9 Å². The second-order valence-corrected chi connectivity index (χ2v) is 4.17. The van der Waals surface area contributed by atoms with E-state index in [1.165, 1.54) is 0 Å². The molecule has 1 aromatic carbocycles. The standard InChI is InChI=1S/C13H14ClNO2/c14-7-3-4-8-17-12-9-10-5-1-2-6-11(10)15-13(12)16/h1-2,5-6,9H,3-4,7-8H2,(H,15,16). The summed E-state index contributed by atoms with van der Waals surface area (Å²) in [7, 11) is 0. The third-order valence-electron chi connectivity index (χ3n) is 2.50. The Morgan fingerprint density at radius 1 is 1.24 bits per heavy atom. The van der Waals surface area contributed by atoms with E-state index in [-0.39, 0.29) is 5.56 Å². The van der Waals surface area contributed by atoms with Crippen LogP contribution in [0.15, 0.2) is 35.1 Å². The third-order valence-corrected chi connectivity index (χ3v) is 2.77. The molecule has 1 aromatic heterocycles. The number of nitrogens with one attached hydrogen (secondary N) is 1. The lowest BCUT2D eigenvalue weighted by Crippen LogP contribution is -2.11. The van der Waals surface area contributed by atoms with Crippen LogP contribution in [0.4, 0.5) is 0 Å². The van der Waals surface area contributed by atoms with Crippen molar-refractivity contribution in [2.45, 2.75) is 12.8 Å². The monoisotopic (exact) mass is 251 g/mol. The highest BCUT2D eigenvalue weighted by molar-refractivity contribution is 6.17. The number of rotatable bonds is 5. The van der Waals surface area contributed by atoms with Crippen LogP contribution in [0.2, 0.25) is 0 Å². The molecule has 17 heavy (non-hydrogen) atoms. The zero-order chi connectivity index (χ0) is 12.1. The summed E-state index contributed by atoms with van der Waals surface area (Å²) in [5.74, 6) is 0.996. The summed E-state index contributed by atoms with van der Waals surface area (Å²) in [5.41, 5.74) is 0.639. The summed E-state index contributed by atoms with van der Waals surface area (Å²) >= 11 is 5.57. The van der Waals surface area contributed by atoms with Crippen LogP contribution >= 0.6 is 11.6 Å². The van der Waals surface area contributed by atoms with E-state index in [9.17, 15) is 4.79 Å². The predicted octanol–water partition coefficient (Wildman–Crippen LogP) is 2.93. The van der Waals surface area contributed by atoms with E-state index in [1.54, 1.807) is 6.07 Å². The molecule has 0 atom stereocenters. The van der Waals surface area contributed by atoms with Gasteiger partial charge in [0, 0.05) is 16.8 Å². The van der Waals surface area contributed by atoms with E-state index in [0.717, 1.165) is 23.7 Å². The van der Waals surface area contributed by atoms with Gasteiger partial charge in [-0.25, -0.2) is 0 Å². The quantitative estimate of drug-likeness (QED) is 0.656. The Morgan fingerprint density at radius 3 is 2.88 bits per heavy atom. The molecule has 4 heteroatoms. The maximum Gasteiger partial charge on any atom is 0.290 e. The second-order valence-electron chi connectivity index (χ2n) is 3.79. The van der Waals surface area contributed by atoms with E-state index < -0.39 is 0 Å². The Bertz CT molecular complexity index is 550. The fraction of sp³-hybridized carbons (Fsp3) is 0.308. The van der Waals surface area contributed by atoms with Gasteiger partial charge in [-0.05, 0) is 25.0 Å². The van der Waals surface area contributed by atoms with Crippen LogP contribution in [-0.4, -0.2) is 17.5 Å². The highest BCUT2D eigenvalue weighted by Gasteiger charge is 2.02. The molecule has 0 fully saturated rings. The van der Waals surface area contributed by atoms with Gasteiger partial charge in [0.1, 0.15) is 0 Å². The molecule has 2 rings (SSSR count). The van der Waals surface area contributed by atoms with E-state index >= 15 is 0 Å². The van der Waals surface area contributed by atoms with E-state index in [4.69, 9.17) is 16.3 Å². The molecule has 0 saturated heterocycles. The molecule has 0 saturated carbocycles. The molecule has 1 heterocycles. The van der Waals surface area contributed by atoms with E-state index in [2.05, 4.69) is 4.98 Å². The van der Waals surface area contributed by atoms with Gasteiger partial charge in [0.15, 0.2) is 5.75 Å². The van der Waals surface area contributed by atoms with Crippen LogP contribution < -0.4 is 10.3 Å². The molecule has 0 aliphatic heterocycles. The molecule has 3 nitrogen and oxygen atoms in total. The number of para-hydroxylation sites is 1. The van der Waals surface area contributed by atoms with Crippen molar-refractivity contribution in [3.63, 3.8) is 0 Å². The van der Waals surface area contributed by atoms with Gasteiger partial charge in [-0.2, -0.15) is 0 Å². The first-order chi connectivity index (χ1) is 8.31. The maximum absolute atomic E-state index is 11.7. The molecule has 90 valence electrons. The minimum Gasteiger partial charge on any atom is -0.488 e. The van der Waals surface area contributed by atoms with Crippen molar-refractivity contribution < 1.29 is 4.74 Å². The fourth-order valence-corrected chi connectivity index (χ4v) is 1.80. The summed E-state index contributed by atoms with van der Waals surface area (Å²) in [4.78, 5) is 14.5. The highest BCUT2D eigenvalue weighted by Crippen LogP contribution is 2.14. The Kier molecular flexibility index (Phi) is 4.04. The highest BCUT2D eigenvalue weighted by atomic mass is 35.5. The maximum atomic E-state index is 11.7. The van der Waals surface area contributed by atoms with Gasteiger partial charge >= 0.3 is 0 Å². The zero-order valence-corrected chi connectivity index (χ0v) is 10.2. The van der Waals surface area contributed by atoms with Crippen molar-refractivity contribution in [1.82, 2.24) is 4.98 Å². The first-order valence-corrected chi connectivity index (χ1v) is 6.15. The summed E-state index contributed by atoms with van der Waals surface area (Å²) in [6, 6.07) is 9.40. The van der Waals surface area contributed by atoms with Crippen molar-refractivity contribution in [2.75, 3.05) is 12.5 Å². The van der Waals surface area contributed by atoms with Crippen LogP contribution in [0.5, 0.6) is 5.75 Å². The number of aromatic amines is 1. The van der Waals surface area contributed by atoms with Crippen molar-refractivity contribution in [3.05, 3.63) is 40.7 Å². The van der Waals surface area contributed by atoms with E-state index in [1.807, 2.05) is 24.3 Å². The average molecular weight is 252 g/mol. The summed E-state index contributed by atoms with van der Waals surface area (Å²) < 4.78 is 5.44. The fourth-order valence-electron chi connectivity index (χ4n) is 1.61. The third kappa shape index (κ3) is 3.01. The lowest BCUT2D eigenvalue weighted by Gasteiger charge is -2.05. The number of hydrogen-bond acceptors (Lipinski definition) is 2. The Hall–Kier alpha value is -1.48. The van der Waals surface area contributed by atoms with Crippen molar-refractivity contribution in [3.8, 4) is 5.75 Å². The Morgan fingerprint density at radius 2 is 2.06 bits per heavy atom. The number of ether oxygens (including phenoxy) is 1. The van der Waals surface area contributed by atoms with Gasteiger partial charge < -0.3 is 9.72 Å². The average Bonchev–Trinajstić information content (AvgIpc) is 2.35. The molecular formula is C13H14ClNO2. The smallest absolute Gasteiger partial charge is 0.290 e. The van der Waals surface area contributed by atoms with Gasteiger partial charge in [0.05, 0.1) is 6.61 Å². The molecule has 0 radical (unpaired) electrons. The van der Waals surface area contributed by atoms with Crippen LogP contribution in [0.3, 0.4) is 0 Å². The lowest BCUT2D eigenvalue weighted by molar-refractivity contribution is 0.306. The number of fused-ring (bicyclic) bond motifs is 1. The van der Waals surface area contributed by atoms with Gasteiger partial charge in [0.25, 0.3) is 5.56 Å². The summed E-state index contributed by atoms with van der Waals surface area (Å²) in [6.07, 6.45) is 1.75. The summed E-state index contributed by atoms with van der Waals surface area (Å²) in [6.45, 7) is 0.522. The molecule has 0 aliphatic carbocycles. The minimum atomic E-state index is -0.186. The Labute approximate surface area is 104 Å². The number of aromatic nitrogens is 1. The van der Waals surface area contributed by atoms with Crippen LogP contribution in [0.1, 0.15) is 12.8 Å². The molecule has 0 amide bonds. The molecule has 0 bridgehead atoms. The SMILES string of the molecule is O=c1[nH]c2ccccc2cc1OCCCCCl. The number of pyridine rings is 1. The predicted molar refractivity (Wildman–Crippen MR) is 70.0 cm³/mol. The normalized spacial score (nSPS) is 10.6. The van der Waals surface area contributed by atoms with Crippen molar-refractivity contribution in [2.24, 2.45) is 0 Å². The molecule has 0 unspecified atom stereocenters. The first kappa shape index (κ1) is 12.0. The summed E-state index contributed by atoms with van der Waals surface area (Å²) in [5, 5.41) is 0.972. The molecule has 0 spiro atoms. The molecular weight excluding hydrogens is 238 g/mol. The van der Waals surface area contributed by atoms with Gasteiger partial charge in [-0.3, -0.25) is 4.79 Å². The van der Waals surface area contributed by atoms with Gasteiger partial charge in [-0.15, -0.1) is 11.6 Å². The molecule has 1 N–H and O–H groups in total. The number of benzene rings is 1. The topological polar surface area (TPSA) is 42.1 Å². The number of alkyl halides is 1. The second kappa shape index (κ2) is 5.73. The van der Waals surface area contributed by atoms with Gasteiger partial charge in [0.2, 0.25) is 0 Å². The minimum absolute atomic E-state index is 0.186. The Balaban J connectivity index is 2.17. The van der Waals surface area contributed by atoms with Crippen LogP contribution in [-0.2, 0) is 0 Å². The van der Waals surface area contributed by atoms with Crippen molar-refractivity contribution in [1.29, 1.82) is 0 Å². The number of hydrogen-bond donors (Lipinski definition) is 1. The van der Waals surface area contributed by atoms with Crippen molar-refractivity contribution >= 4 is 22.5 Å². The molecule has 2 aromatic rings. The lowest BCUT2D eigenvalue weighted by atomic mass is 10.2. The molecule has 0 aliphatic rings. The number of unbranched alkanes of at least 4 members (excludes halogenated alkanes) is 1. The zero-order valence-electron chi connectivity index (χ0n) is 9.41. The number of H-pyrrole nitrogens is 1. The number of halogens is 1.